The minimum atomic E-state index is -0.119. The Balaban J connectivity index is 2.15. The van der Waals surface area contributed by atoms with Gasteiger partial charge in [0, 0.05) is 6.42 Å². The quantitative estimate of drug-likeness (QED) is 0.619. The van der Waals surface area contributed by atoms with Gasteiger partial charge in [0.15, 0.2) is 0 Å². The molecule has 0 atom stereocenters. The molecule has 1 aliphatic carbocycles. The van der Waals surface area contributed by atoms with Crippen molar-refractivity contribution in [3.8, 4) is 0 Å². The molecule has 0 saturated heterocycles. The van der Waals surface area contributed by atoms with E-state index in [0.717, 1.165) is 19.3 Å². The Kier molecular flexibility index (Phi) is 4.30. The van der Waals surface area contributed by atoms with E-state index in [1.165, 1.54) is 12.7 Å². The van der Waals surface area contributed by atoms with Crippen molar-refractivity contribution >= 4 is 5.97 Å². The van der Waals surface area contributed by atoms with Crippen molar-refractivity contribution in [1.82, 2.24) is 0 Å². The van der Waals surface area contributed by atoms with Crippen LogP contribution in [0.1, 0.15) is 25.7 Å². The first-order chi connectivity index (χ1) is 6.33. The second-order valence-corrected chi connectivity index (χ2v) is 3.04. The van der Waals surface area contributed by atoms with Gasteiger partial charge in [-0.2, -0.15) is 0 Å². The van der Waals surface area contributed by atoms with E-state index in [4.69, 9.17) is 0 Å². The average Bonchev–Trinajstić information content (AvgIpc) is 2.19. The molecule has 2 nitrogen and oxygen atoms in total. The molecule has 1 rings (SSSR count). The van der Waals surface area contributed by atoms with Crippen LogP contribution in [0.2, 0.25) is 0 Å². The molecule has 2 heteroatoms. The number of allylic oxidation sites excluding steroid dienone is 4. The summed E-state index contributed by atoms with van der Waals surface area (Å²) >= 11 is 0. The molecule has 0 unspecified atom stereocenters. The topological polar surface area (TPSA) is 26.3 Å². The average molecular weight is 179 g/mol. The van der Waals surface area contributed by atoms with Gasteiger partial charge in [-0.3, -0.25) is 4.79 Å². The predicted octanol–water partition coefficient (Wildman–Crippen LogP) is 2.42. The standard InChI is InChI=1S/C11H15O2/c1-13-11(12)9-5-8-10-6-3-2-4-7-10/h2-3,6-7H,4-5,8-9H2,1H3. The van der Waals surface area contributed by atoms with E-state index in [-0.39, 0.29) is 5.97 Å². The van der Waals surface area contributed by atoms with Gasteiger partial charge in [-0.25, -0.2) is 0 Å². The van der Waals surface area contributed by atoms with Crippen LogP contribution >= 0.6 is 0 Å². The van der Waals surface area contributed by atoms with Crippen LogP contribution in [0.25, 0.3) is 0 Å². The Morgan fingerprint density at radius 1 is 1.62 bits per heavy atom. The highest BCUT2D eigenvalue weighted by molar-refractivity contribution is 5.69. The Morgan fingerprint density at radius 2 is 2.46 bits per heavy atom. The molecular weight excluding hydrogens is 164 g/mol. The van der Waals surface area contributed by atoms with Crippen LogP contribution in [-0.2, 0) is 9.53 Å². The van der Waals surface area contributed by atoms with Gasteiger partial charge >= 0.3 is 5.97 Å². The van der Waals surface area contributed by atoms with E-state index in [1.807, 2.05) is 0 Å². The molecule has 0 aliphatic heterocycles. The molecule has 13 heavy (non-hydrogen) atoms. The highest BCUT2D eigenvalue weighted by Gasteiger charge is 2.03. The highest BCUT2D eigenvalue weighted by Crippen LogP contribution is 2.16. The molecule has 0 heterocycles. The van der Waals surface area contributed by atoms with Gasteiger partial charge in [0.1, 0.15) is 0 Å². The molecule has 0 aromatic rings. The molecule has 1 aliphatic rings. The second kappa shape index (κ2) is 5.57. The Bertz CT molecular complexity index is 226. The monoisotopic (exact) mass is 179 g/mol. The van der Waals surface area contributed by atoms with Crippen LogP contribution in [0, 0.1) is 6.42 Å². The van der Waals surface area contributed by atoms with Crippen molar-refractivity contribution in [2.24, 2.45) is 0 Å². The van der Waals surface area contributed by atoms with Crippen molar-refractivity contribution in [2.45, 2.75) is 25.7 Å². The van der Waals surface area contributed by atoms with Crippen molar-refractivity contribution < 1.29 is 9.53 Å². The summed E-state index contributed by atoms with van der Waals surface area (Å²) in [6.07, 6.45) is 11.9. The first-order valence-electron chi connectivity index (χ1n) is 4.58. The minimum absolute atomic E-state index is 0.119. The number of carbonyl (C=O) groups is 1. The molecule has 0 spiro atoms. The molecule has 0 amide bonds. The fraction of sp³-hybridized carbons (Fsp3) is 0.455. The van der Waals surface area contributed by atoms with Crippen LogP contribution < -0.4 is 0 Å². The van der Waals surface area contributed by atoms with E-state index in [0.29, 0.717) is 6.42 Å². The molecule has 0 saturated carbocycles. The van der Waals surface area contributed by atoms with Gasteiger partial charge in [-0.05, 0) is 25.7 Å². The maximum atomic E-state index is 10.8. The van der Waals surface area contributed by atoms with Gasteiger partial charge in [0.05, 0.1) is 7.11 Å². The number of ether oxygens (including phenoxy) is 1. The summed E-state index contributed by atoms with van der Waals surface area (Å²) in [5, 5.41) is 0. The number of esters is 1. The molecule has 71 valence electrons. The summed E-state index contributed by atoms with van der Waals surface area (Å²) in [7, 11) is 1.43. The molecular formula is C11H15O2. The third-order valence-corrected chi connectivity index (χ3v) is 2.04. The first kappa shape index (κ1) is 10.0. The number of hydrogen-bond donors (Lipinski definition) is 0. The van der Waals surface area contributed by atoms with Crippen LogP contribution in [0.3, 0.4) is 0 Å². The minimum Gasteiger partial charge on any atom is -0.469 e. The van der Waals surface area contributed by atoms with Crippen molar-refractivity contribution in [2.75, 3.05) is 7.11 Å². The lowest BCUT2D eigenvalue weighted by Gasteiger charge is -2.07. The third kappa shape index (κ3) is 3.92. The Labute approximate surface area is 79.3 Å². The van der Waals surface area contributed by atoms with E-state index in [1.54, 1.807) is 0 Å². The summed E-state index contributed by atoms with van der Waals surface area (Å²) < 4.78 is 4.56. The summed E-state index contributed by atoms with van der Waals surface area (Å²) in [5.41, 5.74) is 1.33. The van der Waals surface area contributed by atoms with Crippen molar-refractivity contribution in [3.05, 3.63) is 30.2 Å². The van der Waals surface area contributed by atoms with Crippen LogP contribution in [0.15, 0.2) is 23.8 Å². The van der Waals surface area contributed by atoms with E-state index < -0.39 is 0 Å². The number of methoxy groups -OCH3 is 1. The maximum absolute atomic E-state index is 10.8. The van der Waals surface area contributed by atoms with Crippen LogP contribution in [-0.4, -0.2) is 13.1 Å². The number of hydrogen-bond acceptors (Lipinski definition) is 2. The number of carbonyl (C=O) groups excluding carboxylic acids is 1. The highest BCUT2D eigenvalue weighted by atomic mass is 16.5. The lowest BCUT2D eigenvalue weighted by molar-refractivity contribution is -0.140. The summed E-state index contributed by atoms with van der Waals surface area (Å²) in [6, 6.07) is 0. The first-order valence-corrected chi connectivity index (χ1v) is 4.58. The molecule has 0 bridgehead atoms. The summed E-state index contributed by atoms with van der Waals surface area (Å²) in [4.78, 5) is 10.8. The summed E-state index contributed by atoms with van der Waals surface area (Å²) in [6.45, 7) is 0. The molecule has 0 N–H and O–H groups in total. The number of rotatable bonds is 4. The SMILES string of the molecule is COC(=O)CCCC1=CC=CC[CH]1. The zero-order chi connectivity index (χ0) is 9.52. The van der Waals surface area contributed by atoms with Crippen LogP contribution in [0.5, 0.6) is 0 Å². The van der Waals surface area contributed by atoms with E-state index >= 15 is 0 Å². The van der Waals surface area contributed by atoms with Crippen molar-refractivity contribution in [3.63, 3.8) is 0 Å². The lowest BCUT2D eigenvalue weighted by atomic mass is 10.00. The predicted molar refractivity (Wildman–Crippen MR) is 52.0 cm³/mol. The zero-order valence-electron chi connectivity index (χ0n) is 7.95. The van der Waals surface area contributed by atoms with Crippen LogP contribution in [0.4, 0.5) is 0 Å². The smallest absolute Gasteiger partial charge is 0.305 e. The van der Waals surface area contributed by atoms with Gasteiger partial charge in [-0.1, -0.05) is 23.8 Å². The third-order valence-electron chi connectivity index (χ3n) is 2.04. The normalized spacial score (nSPS) is 15.3. The van der Waals surface area contributed by atoms with Crippen molar-refractivity contribution in [1.29, 1.82) is 0 Å². The van der Waals surface area contributed by atoms with Gasteiger partial charge < -0.3 is 4.74 Å². The molecule has 0 aromatic carbocycles. The lowest BCUT2D eigenvalue weighted by Crippen LogP contribution is -2.00. The van der Waals surface area contributed by atoms with Gasteiger partial charge in [-0.15, -0.1) is 0 Å². The van der Waals surface area contributed by atoms with E-state index in [2.05, 4.69) is 29.4 Å². The fourth-order valence-corrected chi connectivity index (χ4v) is 1.28. The van der Waals surface area contributed by atoms with Gasteiger partial charge in [0.2, 0.25) is 0 Å². The maximum Gasteiger partial charge on any atom is 0.305 e. The zero-order valence-corrected chi connectivity index (χ0v) is 7.95. The largest absolute Gasteiger partial charge is 0.469 e. The Hall–Kier alpha value is -1.05. The fourth-order valence-electron chi connectivity index (χ4n) is 1.28. The molecule has 0 fully saturated rings. The summed E-state index contributed by atoms with van der Waals surface area (Å²) in [5.74, 6) is -0.119. The molecule has 0 aromatic heterocycles. The Morgan fingerprint density at radius 3 is 3.08 bits per heavy atom. The molecule has 1 radical (unpaired) electrons. The second-order valence-electron chi connectivity index (χ2n) is 3.04. The van der Waals surface area contributed by atoms with E-state index in [9.17, 15) is 4.79 Å². The van der Waals surface area contributed by atoms with Gasteiger partial charge in [0.25, 0.3) is 0 Å².